The second-order valence-corrected chi connectivity index (χ2v) is 14.3. The molecule has 0 unspecified atom stereocenters. The van der Waals surface area contributed by atoms with Crippen molar-refractivity contribution in [3.8, 4) is 22.3 Å². The molecule has 0 atom stereocenters. The monoisotopic (exact) mass is 592 g/mol. The minimum Gasteiger partial charge on any atom is -0.399 e. The van der Waals surface area contributed by atoms with E-state index >= 15 is 0 Å². The summed E-state index contributed by atoms with van der Waals surface area (Å²) in [6.45, 7) is 8.49. The fourth-order valence-electron chi connectivity index (χ4n) is 8.68. The lowest BCUT2D eigenvalue weighted by molar-refractivity contribution is 0.00578. The molecule has 1 aliphatic heterocycles. The molecule has 1 fully saturated rings. The molecule has 0 radical (unpaired) electrons. The summed E-state index contributed by atoms with van der Waals surface area (Å²) in [5.41, 5.74) is 10.4. The Kier molecular flexibility index (Phi) is 5.05. The minimum absolute atomic E-state index is 0.407. The Bertz CT molecular complexity index is 2390. The second-order valence-electron chi connectivity index (χ2n) is 14.3. The van der Waals surface area contributed by atoms with Gasteiger partial charge in [-0.25, -0.2) is 0 Å². The molecule has 2 nitrogen and oxygen atoms in total. The van der Waals surface area contributed by atoms with E-state index in [1.807, 2.05) is 0 Å². The molecule has 3 aliphatic rings. The van der Waals surface area contributed by atoms with Gasteiger partial charge in [0, 0.05) is 0 Å². The number of benzene rings is 7. The molecule has 2 aliphatic carbocycles. The summed E-state index contributed by atoms with van der Waals surface area (Å²) in [7, 11) is -0.427. The van der Waals surface area contributed by atoms with E-state index in [1.165, 1.54) is 76.8 Å². The predicted molar refractivity (Wildman–Crippen MR) is 191 cm³/mol. The molecule has 7 aromatic rings. The van der Waals surface area contributed by atoms with Gasteiger partial charge in [-0.3, -0.25) is 0 Å². The van der Waals surface area contributed by atoms with E-state index in [9.17, 15) is 0 Å². The maximum Gasteiger partial charge on any atom is 0.494 e. The standard InChI is InChI=1S/C43H33BO2/c1-41(2)42(3,4)46-44(45-41)26-21-22-39-35(23-26)36-24-33-29-15-7-5-13-27(29)28-14-6-8-16-30(28)34(33)25-40(36)43(39)37-19-11-9-17-31(37)32-18-10-12-20-38(32)43/h5-25H,1-4H3. The van der Waals surface area contributed by atoms with Gasteiger partial charge in [-0.1, -0.05) is 115 Å². The zero-order valence-corrected chi connectivity index (χ0v) is 26.5. The summed E-state index contributed by atoms with van der Waals surface area (Å²) in [5, 5.41) is 7.76. The third-order valence-electron chi connectivity index (χ3n) is 11.5. The van der Waals surface area contributed by atoms with Crippen LogP contribution in [0.15, 0.2) is 127 Å². The van der Waals surface area contributed by atoms with Crippen molar-refractivity contribution in [3.05, 3.63) is 150 Å². The lowest BCUT2D eigenvalue weighted by Crippen LogP contribution is -2.41. The molecule has 1 heterocycles. The van der Waals surface area contributed by atoms with Gasteiger partial charge in [-0.05, 0) is 122 Å². The molecule has 0 bridgehead atoms. The predicted octanol–water partition coefficient (Wildman–Crippen LogP) is 9.79. The summed E-state index contributed by atoms with van der Waals surface area (Å²) in [6, 6.07) is 47.7. The normalized spacial score (nSPS) is 17.9. The van der Waals surface area contributed by atoms with Crippen LogP contribution in [0, 0.1) is 0 Å². The zero-order valence-electron chi connectivity index (χ0n) is 26.5. The summed E-state index contributed by atoms with van der Waals surface area (Å²) in [6.07, 6.45) is 0. The average Bonchev–Trinajstić information content (AvgIpc) is 3.62. The summed E-state index contributed by atoms with van der Waals surface area (Å²) in [4.78, 5) is 0. The topological polar surface area (TPSA) is 18.5 Å². The fraction of sp³-hybridized carbons (Fsp3) is 0.163. The van der Waals surface area contributed by atoms with Crippen molar-refractivity contribution in [2.75, 3.05) is 0 Å². The van der Waals surface area contributed by atoms with Crippen LogP contribution in [0.5, 0.6) is 0 Å². The van der Waals surface area contributed by atoms with Crippen LogP contribution in [0.2, 0.25) is 0 Å². The largest absolute Gasteiger partial charge is 0.494 e. The van der Waals surface area contributed by atoms with Crippen molar-refractivity contribution in [2.45, 2.75) is 44.3 Å². The Labute approximate surface area is 269 Å². The Morgan fingerprint density at radius 1 is 0.391 bits per heavy atom. The molecule has 7 aromatic carbocycles. The molecule has 46 heavy (non-hydrogen) atoms. The van der Waals surface area contributed by atoms with Gasteiger partial charge < -0.3 is 9.31 Å². The summed E-state index contributed by atoms with van der Waals surface area (Å²) in [5.74, 6) is 0. The number of hydrogen-bond acceptors (Lipinski definition) is 2. The molecule has 0 N–H and O–H groups in total. The van der Waals surface area contributed by atoms with Crippen LogP contribution in [0.3, 0.4) is 0 Å². The van der Waals surface area contributed by atoms with E-state index in [2.05, 4.69) is 155 Å². The zero-order chi connectivity index (χ0) is 31.0. The first-order chi connectivity index (χ1) is 22.3. The fourth-order valence-corrected chi connectivity index (χ4v) is 8.68. The second kappa shape index (κ2) is 8.76. The highest BCUT2D eigenvalue weighted by atomic mass is 16.7. The van der Waals surface area contributed by atoms with Crippen LogP contribution in [0.4, 0.5) is 0 Å². The highest BCUT2D eigenvalue weighted by Gasteiger charge is 2.54. The van der Waals surface area contributed by atoms with Gasteiger partial charge >= 0.3 is 7.12 Å². The first kappa shape index (κ1) is 26.5. The van der Waals surface area contributed by atoms with Crippen LogP contribution < -0.4 is 5.46 Å². The van der Waals surface area contributed by atoms with Crippen LogP contribution >= 0.6 is 0 Å². The van der Waals surface area contributed by atoms with Gasteiger partial charge in [-0.15, -0.1) is 0 Å². The minimum atomic E-state index is -0.427. The molecule has 1 spiro atoms. The van der Waals surface area contributed by atoms with E-state index in [4.69, 9.17) is 9.31 Å². The first-order valence-electron chi connectivity index (χ1n) is 16.4. The van der Waals surface area contributed by atoms with Crippen LogP contribution in [-0.4, -0.2) is 18.3 Å². The van der Waals surface area contributed by atoms with E-state index < -0.39 is 23.7 Å². The van der Waals surface area contributed by atoms with Gasteiger partial charge in [0.2, 0.25) is 0 Å². The van der Waals surface area contributed by atoms with Gasteiger partial charge in [0.25, 0.3) is 0 Å². The third kappa shape index (κ3) is 3.15. The van der Waals surface area contributed by atoms with E-state index in [0.717, 1.165) is 5.46 Å². The highest BCUT2D eigenvalue weighted by Crippen LogP contribution is 2.63. The molecular weight excluding hydrogens is 559 g/mol. The molecule has 0 saturated carbocycles. The molecule has 3 heteroatoms. The van der Waals surface area contributed by atoms with Crippen LogP contribution in [0.25, 0.3) is 54.6 Å². The van der Waals surface area contributed by atoms with Gasteiger partial charge in [0.15, 0.2) is 0 Å². The maximum atomic E-state index is 6.58. The Hall–Kier alpha value is -4.70. The van der Waals surface area contributed by atoms with Gasteiger partial charge in [-0.2, -0.15) is 0 Å². The maximum absolute atomic E-state index is 6.58. The van der Waals surface area contributed by atoms with Crippen molar-refractivity contribution >= 4 is 44.9 Å². The van der Waals surface area contributed by atoms with Gasteiger partial charge in [0.1, 0.15) is 0 Å². The lowest BCUT2D eigenvalue weighted by atomic mass is 9.69. The first-order valence-corrected chi connectivity index (χ1v) is 16.4. The van der Waals surface area contributed by atoms with E-state index in [0.29, 0.717) is 0 Å². The summed E-state index contributed by atoms with van der Waals surface area (Å²) < 4.78 is 13.2. The van der Waals surface area contributed by atoms with Crippen molar-refractivity contribution in [1.82, 2.24) is 0 Å². The Morgan fingerprint density at radius 3 is 1.39 bits per heavy atom. The van der Waals surface area contributed by atoms with Crippen LogP contribution in [-0.2, 0) is 14.7 Å². The van der Waals surface area contributed by atoms with Gasteiger partial charge in [0.05, 0.1) is 16.6 Å². The van der Waals surface area contributed by atoms with Crippen molar-refractivity contribution in [2.24, 2.45) is 0 Å². The van der Waals surface area contributed by atoms with Crippen molar-refractivity contribution in [1.29, 1.82) is 0 Å². The van der Waals surface area contributed by atoms with Crippen molar-refractivity contribution < 1.29 is 9.31 Å². The van der Waals surface area contributed by atoms with Crippen LogP contribution in [0.1, 0.15) is 49.9 Å². The third-order valence-corrected chi connectivity index (χ3v) is 11.5. The molecule has 0 aromatic heterocycles. The van der Waals surface area contributed by atoms with Crippen molar-refractivity contribution in [3.63, 3.8) is 0 Å². The molecule has 1 saturated heterocycles. The quantitative estimate of drug-likeness (QED) is 0.140. The smallest absolute Gasteiger partial charge is 0.399 e. The Morgan fingerprint density at radius 2 is 0.826 bits per heavy atom. The molecule has 0 amide bonds. The SMILES string of the molecule is CC1(C)OB(c2ccc3c(c2)-c2cc4c5ccccc5c5ccccc5c4cc2C32c3ccccc3-c3ccccc32)OC1(C)C. The summed E-state index contributed by atoms with van der Waals surface area (Å²) >= 11 is 0. The number of rotatable bonds is 1. The average molecular weight is 593 g/mol. The van der Waals surface area contributed by atoms with E-state index in [-0.39, 0.29) is 0 Å². The Balaban J connectivity index is 1.35. The van der Waals surface area contributed by atoms with E-state index in [1.54, 1.807) is 0 Å². The molecular formula is C43H33BO2. The highest BCUT2D eigenvalue weighted by molar-refractivity contribution is 6.62. The molecule has 10 rings (SSSR count). The lowest BCUT2D eigenvalue weighted by Gasteiger charge is -2.32. The number of hydrogen-bond donors (Lipinski definition) is 0. The number of fused-ring (bicyclic) bond motifs is 16. The molecule has 220 valence electrons.